The van der Waals surface area contributed by atoms with Crippen molar-refractivity contribution in [3.63, 3.8) is 0 Å². The average molecular weight is 254 g/mol. The van der Waals surface area contributed by atoms with Crippen LogP contribution in [0.3, 0.4) is 0 Å². The van der Waals surface area contributed by atoms with Gasteiger partial charge in [-0.05, 0) is 23.3 Å². The summed E-state index contributed by atoms with van der Waals surface area (Å²) >= 11 is 0. The highest BCUT2D eigenvalue weighted by Gasteiger charge is 2.28. The van der Waals surface area contributed by atoms with E-state index in [4.69, 9.17) is 10.7 Å². The molecule has 1 aromatic carbocycles. The van der Waals surface area contributed by atoms with Gasteiger partial charge in [0.05, 0.1) is 0 Å². The molecule has 0 saturated heterocycles. The van der Waals surface area contributed by atoms with Crippen molar-refractivity contribution < 1.29 is 17.2 Å². The second-order valence-corrected chi connectivity index (χ2v) is 5.76. The van der Waals surface area contributed by atoms with E-state index >= 15 is 0 Å². The second kappa shape index (κ2) is 3.40. The molecule has 0 atom stereocenters. The Morgan fingerprint density at radius 1 is 1.13 bits per heavy atom. The summed E-state index contributed by atoms with van der Waals surface area (Å²) in [5.41, 5.74) is 0.885. The van der Waals surface area contributed by atoms with Crippen molar-refractivity contribution in [2.45, 2.75) is 13.1 Å². The third kappa shape index (κ3) is 1.97. The predicted molar refractivity (Wildman–Crippen MR) is 50.4 cm³/mol. The molecular weight excluding hydrogens is 248 g/mol. The zero-order valence-corrected chi connectivity index (χ0v) is 8.95. The van der Waals surface area contributed by atoms with Crippen LogP contribution in [0, 0.1) is 11.6 Å². The van der Waals surface area contributed by atoms with Gasteiger partial charge in [0.15, 0.2) is 11.6 Å². The van der Waals surface area contributed by atoms with Crippen LogP contribution in [-0.2, 0) is 22.3 Å². The molecule has 0 aromatic heterocycles. The van der Waals surface area contributed by atoms with E-state index in [2.05, 4.69) is 0 Å². The summed E-state index contributed by atoms with van der Waals surface area (Å²) in [5, 5.41) is 0. The lowest BCUT2D eigenvalue weighted by atomic mass is 10.1. The van der Waals surface area contributed by atoms with Gasteiger partial charge in [0.2, 0.25) is 0 Å². The fourth-order valence-electron chi connectivity index (χ4n) is 1.51. The molecule has 1 aliphatic heterocycles. The van der Waals surface area contributed by atoms with Gasteiger partial charge in [0, 0.05) is 23.8 Å². The Bertz CT molecular complexity index is 487. The number of hydrogen-bond donors (Lipinski definition) is 0. The molecule has 1 aromatic rings. The molecule has 3 nitrogen and oxygen atoms in total. The third-order valence-electron chi connectivity index (χ3n) is 2.24. The smallest absolute Gasteiger partial charge is 0.204 e. The molecule has 0 saturated carbocycles. The lowest BCUT2D eigenvalue weighted by molar-refractivity contribution is 0.443. The van der Waals surface area contributed by atoms with Crippen molar-refractivity contribution in [2.75, 3.05) is 0 Å². The van der Waals surface area contributed by atoms with E-state index in [9.17, 15) is 17.2 Å². The number of fused-ring (bicyclic) bond motifs is 1. The number of hydrogen-bond acceptors (Lipinski definition) is 2. The number of benzene rings is 1. The van der Waals surface area contributed by atoms with Gasteiger partial charge in [0.25, 0.3) is 9.24 Å². The number of halogens is 3. The maximum Gasteiger partial charge on any atom is 0.300 e. The Morgan fingerprint density at radius 3 is 1.87 bits per heavy atom. The van der Waals surface area contributed by atoms with Crippen molar-refractivity contribution in [3.05, 3.63) is 34.9 Å². The molecule has 0 bridgehead atoms. The molecular formula is C8H6ClF2NO2S. The quantitative estimate of drug-likeness (QED) is 0.716. The summed E-state index contributed by atoms with van der Waals surface area (Å²) in [4.78, 5) is 0. The monoisotopic (exact) mass is 253 g/mol. The maximum atomic E-state index is 12.8. The van der Waals surface area contributed by atoms with E-state index in [0.29, 0.717) is 11.1 Å². The summed E-state index contributed by atoms with van der Waals surface area (Å²) in [7, 11) is 1.28. The Balaban J connectivity index is 2.40. The van der Waals surface area contributed by atoms with Gasteiger partial charge in [-0.15, -0.1) is 0 Å². The van der Waals surface area contributed by atoms with E-state index in [-0.39, 0.29) is 13.1 Å². The molecule has 0 amide bonds. The van der Waals surface area contributed by atoms with Gasteiger partial charge < -0.3 is 0 Å². The van der Waals surface area contributed by atoms with Crippen LogP contribution >= 0.6 is 10.7 Å². The first-order chi connectivity index (χ1) is 6.88. The Labute approximate surface area is 89.8 Å². The minimum Gasteiger partial charge on any atom is -0.204 e. The van der Waals surface area contributed by atoms with Crippen molar-refractivity contribution in [1.29, 1.82) is 0 Å². The van der Waals surface area contributed by atoms with E-state index in [1.807, 2.05) is 0 Å². The van der Waals surface area contributed by atoms with Crippen LogP contribution < -0.4 is 0 Å². The van der Waals surface area contributed by atoms with Crippen LogP contribution in [-0.4, -0.2) is 12.7 Å². The van der Waals surface area contributed by atoms with E-state index in [0.717, 1.165) is 16.4 Å². The van der Waals surface area contributed by atoms with Crippen molar-refractivity contribution in [2.24, 2.45) is 0 Å². The molecule has 0 spiro atoms. The summed E-state index contributed by atoms with van der Waals surface area (Å²) in [6, 6.07) is 1.99. The van der Waals surface area contributed by atoms with Gasteiger partial charge >= 0.3 is 0 Å². The molecule has 0 aliphatic carbocycles. The normalized spacial score (nSPS) is 16.7. The highest BCUT2D eigenvalue weighted by molar-refractivity contribution is 8.11. The van der Waals surface area contributed by atoms with Gasteiger partial charge in [0.1, 0.15) is 0 Å². The second-order valence-electron chi connectivity index (χ2n) is 3.25. The van der Waals surface area contributed by atoms with Gasteiger partial charge in [-0.1, -0.05) is 0 Å². The van der Waals surface area contributed by atoms with Crippen LogP contribution in [0.1, 0.15) is 11.1 Å². The van der Waals surface area contributed by atoms with Crippen molar-refractivity contribution in [3.8, 4) is 0 Å². The van der Waals surface area contributed by atoms with Crippen LogP contribution in [0.25, 0.3) is 0 Å². The summed E-state index contributed by atoms with van der Waals surface area (Å²) in [5.74, 6) is -1.97. The molecule has 7 heteroatoms. The molecule has 15 heavy (non-hydrogen) atoms. The first kappa shape index (κ1) is 10.8. The SMILES string of the molecule is O=S(=O)(Cl)N1Cc2cc(F)c(F)cc2C1. The van der Waals surface area contributed by atoms with E-state index in [1.165, 1.54) is 0 Å². The Hall–Kier alpha value is -0.720. The molecule has 2 rings (SSSR count). The predicted octanol–water partition coefficient (Wildman–Crippen LogP) is 1.76. The van der Waals surface area contributed by atoms with Crippen molar-refractivity contribution >= 4 is 19.9 Å². The minimum absolute atomic E-state index is 0.0155. The molecule has 0 fully saturated rings. The molecule has 0 N–H and O–H groups in total. The zero-order valence-electron chi connectivity index (χ0n) is 7.37. The maximum absolute atomic E-state index is 12.8. The van der Waals surface area contributed by atoms with Gasteiger partial charge in [-0.3, -0.25) is 0 Å². The van der Waals surface area contributed by atoms with Gasteiger partial charge in [-0.25, -0.2) is 8.78 Å². The van der Waals surface area contributed by atoms with Crippen LogP contribution in [0.15, 0.2) is 12.1 Å². The number of nitrogens with zero attached hydrogens (tertiary/aromatic N) is 1. The summed E-state index contributed by atoms with van der Waals surface area (Å²) in [6.07, 6.45) is 0. The first-order valence-electron chi connectivity index (χ1n) is 4.04. The zero-order chi connectivity index (χ0) is 11.2. The molecule has 0 unspecified atom stereocenters. The van der Waals surface area contributed by atoms with Crippen LogP contribution in [0.2, 0.25) is 0 Å². The first-order valence-corrected chi connectivity index (χ1v) is 6.31. The lowest BCUT2D eigenvalue weighted by Gasteiger charge is -2.07. The largest absolute Gasteiger partial charge is 0.300 e. The van der Waals surface area contributed by atoms with E-state index < -0.39 is 20.9 Å². The molecule has 82 valence electrons. The standard InChI is InChI=1S/C8H6ClF2NO2S/c9-15(13,14)12-3-5-1-7(10)8(11)2-6(5)4-12/h1-2H,3-4H2. The highest BCUT2D eigenvalue weighted by Crippen LogP contribution is 2.28. The Kier molecular flexibility index (Phi) is 2.44. The lowest BCUT2D eigenvalue weighted by Crippen LogP contribution is -2.20. The van der Waals surface area contributed by atoms with E-state index in [1.54, 1.807) is 0 Å². The molecule has 1 aliphatic rings. The van der Waals surface area contributed by atoms with Crippen LogP contribution in [0.5, 0.6) is 0 Å². The number of rotatable bonds is 1. The minimum atomic E-state index is -3.84. The Morgan fingerprint density at radius 2 is 1.53 bits per heavy atom. The fraction of sp³-hybridized carbons (Fsp3) is 0.250. The van der Waals surface area contributed by atoms with Crippen molar-refractivity contribution in [1.82, 2.24) is 4.31 Å². The summed E-state index contributed by atoms with van der Waals surface area (Å²) < 4.78 is 48.5. The fourth-order valence-corrected chi connectivity index (χ4v) is 2.39. The highest BCUT2D eigenvalue weighted by atomic mass is 35.7. The average Bonchev–Trinajstić information content (AvgIpc) is 2.47. The molecule has 0 radical (unpaired) electrons. The summed E-state index contributed by atoms with van der Waals surface area (Å²) in [6.45, 7) is -0.0310. The third-order valence-corrected chi connectivity index (χ3v) is 3.70. The van der Waals surface area contributed by atoms with Crippen LogP contribution in [0.4, 0.5) is 8.78 Å². The van der Waals surface area contributed by atoms with Gasteiger partial charge in [-0.2, -0.15) is 12.7 Å². The molecule has 1 heterocycles. The topological polar surface area (TPSA) is 37.4 Å².